The number of hydrogen-bond acceptors (Lipinski definition) is 4. The number of halogens is 1. The van der Waals surface area contributed by atoms with E-state index in [1.807, 2.05) is 12.2 Å². The van der Waals surface area contributed by atoms with Crippen LogP contribution in [0.4, 0.5) is 4.39 Å². The van der Waals surface area contributed by atoms with Crippen molar-refractivity contribution in [1.29, 1.82) is 0 Å². The van der Waals surface area contributed by atoms with Crippen LogP contribution >= 0.6 is 0 Å². The van der Waals surface area contributed by atoms with Crippen LogP contribution in [0, 0.1) is 11.7 Å². The fraction of sp³-hybridized carbons (Fsp3) is 0.348. The number of aliphatic carboxylic acids is 1. The molecule has 0 aliphatic carbocycles. The van der Waals surface area contributed by atoms with Crippen LogP contribution in [0.25, 0.3) is 0 Å². The molecule has 0 spiro atoms. The van der Waals surface area contributed by atoms with Crippen molar-refractivity contribution in [1.82, 2.24) is 4.31 Å². The Kier molecular flexibility index (Phi) is 9.91. The van der Waals surface area contributed by atoms with Crippen molar-refractivity contribution >= 4 is 45.5 Å². The monoisotopic (exact) mass is 471 g/mol. The Bertz CT molecular complexity index is 1040. The molecule has 1 saturated heterocycles. The average Bonchev–Trinajstić information content (AvgIpc) is 3.15. The molecule has 2 atom stereocenters. The number of sulfonamides is 1. The van der Waals surface area contributed by atoms with E-state index >= 15 is 0 Å². The summed E-state index contributed by atoms with van der Waals surface area (Å²) in [6.07, 6.45) is 6.48. The standard InChI is InChI=1S/C23H26FNO5S.Na.H/c24-19-10-12-21(13-11-19)31(29,30)25-15-14-17(6-3-1-2-4-9-22(27)28)23(25)18-7-5-8-20(26)16-18;;/h1,3,5,7-8,10-13,16-17,23,26H,2,4,6,9,14-15H2,(H,27,28);;/b3-1-;;/t17-,23+;;/m1../s1. The summed E-state index contributed by atoms with van der Waals surface area (Å²) in [6.45, 7) is 0.317. The Morgan fingerprint density at radius 2 is 1.88 bits per heavy atom. The van der Waals surface area contributed by atoms with Gasteiger partial charge in [-0.3, -0.25) is 4.79 Å². The quantitative estimate of drug-likeness (QED) is 0.329. The maximum atomic E-state index is 13.3. The van der Waals surface area contributed by atoms with Crippen molar-refractivity contribution in [2.24, 2.45) is 5.92 Å². The molecule has 1 aliphatic rings. The fourth-order valence-corrected chi connectivity index (χ4v) is 5.68. The second-order valence-corrected chi connectivity index (χ2v) is 9.54. The van der Waals surface area contributed by atoms with Gasteiger partial charge < -0.3 is 10.2 Å². The van der Waals surface area contributed by atoms with Crippen LogP contribution in [-0.2, 0) is 14.8 Å². The summed E-state index contributed by atoms with van der Waals surface area (Å²) in [5.74, 6) is -1.27. The molecule has 32 heavy (non-hydrogen) atoms. The Hall–Kier alpha value is -1.71. The number of allylic oxidation sites excluding steroid dienone is 2. The van der Waals surface area contributed by atoms with Gasteiger partial charge in [0.15, 0.2) is 0 Å². The van der Waals surface area contributed by atoms with E-state index < -0.39 is 27.9 Å². The molecule has 168 valence electrons. The van der Waals surface area contributed by atoms with E-state index in [0.29, 0.717) is 37.8 Å². The van der Waals surface area contributed by atoms with E-state index in [0.717, 1.165) is 12.1 Å². The molecule has 3 rings (SSSR count). The second-order valence-electron chi connectivity index (χ2n) is 7.65. The first-order valence-electron chi connectivity index (χ1n) is 10.2. The molecule has 0 aromatic heterocycles. The van der Waals surface area contributed by atoms with Crippen LogP contribution in [0.15, 0.2) is 65.6 Å². The number of nitrogens with zero attached hydrogens (tertiary/aromatic N) is 1. The van der Waals surface area contributed by atoms with E-state index in [4.69, 9.17) is 5.11 Å². The summed E-state index contributed by atoms with van der Waals surface area (Å²) < 4.78 is 41.3. The van der Waals surface area contributed by atoms with Crippen molar-refractivity contribution in [2.45, 2.75) is 43.0 Å². The summed E-state index contributed by atoms with van der Waals surface area (Å²) in [4.78, 5) is 10.6. The molecule has 0 saturated carbocycles. The predicted molar refractivity (Wildman–Crippen MR) is 122 cm³/mol. The number of benzene rings is 2. The zero-order chi connectivity index (χ0) is 22.4. The van der Waals surface area contributed by atoms with Crippen LogP contribution < -0.4 is 0 Å². The van der Waals surface area contributed by atoms with Crippen molar-refractivity contribution in [3.05, 3.63) is 72.1 Å². The van der Waals surface area contributed by atoms with Gasteiger partial charge in [-0.1, -0.05) is 24.3 Å². The summed E-state index contributed by atoms with van der Waals surface area (Å²) >= 11 is 0. The molecular weight excluding hydrogens is 444 g/mol. The first-order valence-corrected chi connectivity index (χ1v) is 11.7. The third kappa shape index (κ3) is 6.65. The molecular formula is C23H27FNNaO5S. The topological polar surface area (TPSA) is 94.9 Å². The number of rotatable bonds is 9. The van der Waals surface area contributed by atoms with Gasteiger partial charge in [0, 0.05) is 13.0 Å². The normalized spacial score (nSPS) is 19.2. The second kappa shape index (κ2) is 12.0. The third-order valence-electron chi connectivity index (χ3n) is 5.48. The van der Waals surface area contributed by atoms with E-state index in [9.17, 15) is 22.7 Å². The van der Waals surface area contributed by atoms with Gasteiger partial charge in [0.05, 0.1) is 10.9 Å². The van der Waals surface area contributed by atoms with Crippen LogP contribution in [0.3, 0.4) is 0 Å². The summed E-state index contributed by atoms with van der Waals surface area (Å²) in [7, 11) is -3.85. The van der Waals surface area contributed by atoms with Crippen LogP contribution in [-0.4, -0.2) is 65.0 Å². The van der Waals surface area contributed by atoms with E-state index in [2.05, 4.69) is 0 Å². The number of phenols is 1. The number of hydrogen-bond donors (Lipinski definition) is 2. The Balaban J connectivity index is 0.00000363. The molecule has 1 heterocycles. The van der Waals surface area contributed by atoms with E-state index in [1.165, 1.54) is 22.5 Å². The Labute approximate surface area is 210 Å². The minimum absolute atomic E-state index is 0. The Morgan fingerprint density at radius 3 is 2.53 bits per heavy atom. The van der Waals surface area contributed by atoms with E-state index in [-0.39, 0.29) is 52.5 Å². The van der Waals surface area contributed by atoms with Crippen LogP contribution in [0.2, 0.25) is 0 Å². The molecule has 1 aliphatic heterocycles. The number of aromatic hydroxyl groups is 1. The molecule has 1 fully saturated rings. The maximum absolute atomic E-state index is 13.3. The predicted octanol–water partition coefficient (Wildman–Crippen LogP) is 3.84. The van der Waals surface area contributed by atoms with Gasteiger partial charge in [-0.2, -0.15) is 4.31 Å². The van der Waals surface area contributed by atoms with Crippen molar-refractivity contribution < 1.29 is 27.8 Å². The molecule has 0 radical (unpaired) electrons. The number of carboxylic acid groups (broad SMARTS) is 1. The minimum atomic E-state index is -3.85. The van der Waals surface area contributed by atoms with Crippen LogP contribution in [0.1, 0.15) is 43.7 Å². The zero-order valence-electron chi connectivity index (χ0n) is 17.0. The number of carbonyl (C=O) groups is 1. The molecule has 2 N–H and O–H groups in total. The van der Waals surface area contributed by atoms with Crippen LogP contribution in [0.5, 0.6) is 5.75 Å². The first-order chi connectivity index (χ1) is 14.8. The van der Waals surface area contributed by atoms with Gasteiger partial charge in [-0.25, -0.2) is 12.8 Å². The number of carboxylic acids is 1. The van der Waals surface area contributed by atoms with Gasteiger partial charge >= 0.3 is 35.5 Å². The molecule has 6 nitrogen and oxygen atoms in total. The Morgan fingerprint density at radius 1 is 1.16 bits per heavy atom. The van der Waals surface area contributed by atoms with Gasteiger partial charge in [0.1, 0.15) is 11.6 Å². The van der Waals surface area contributed by atoms with Gasteiger partial charge in [-0.05, 0) is 73.6 Å². The molecule has 0 unspecified atom stereocenters. The molecule has 2 aromatic rings. The number of unbranched alkanes of at least 4 members (excludes halogenated alkanes) is 1. The van der Waals surface area contributed by atoms with Crippen molar-refractivity contribution in [3.8, 4) is 5.75 Å². The van der Waals surface area contributed by atoms with Gasteiger partial charge in [0.2, 0.25) is 10.0 Å². The van der Waals surface area contributed by atoms with Gasteiger partial charge in [0.25, 0.3) is 0 Å². The average molecular weight is 472 g/mol. The van der Waals surface area contributed by atoms with E-state index in [1.54, 1.807) is 18.2 Å². The molecule has 0 amide bonds. The summed E-state index contributed by atoms with van der Waals surface area (Å²) in [6, 6.07) is 10.9. The number of phenolic OH excluding ortho intramolecular Hbond substituents is 1. The van der Waals surface area contributed by atoms with Crippen molar-refractivity contribution in [3.63, 3.8) is 0 Å². The molecule has 2 aromatic carbocycles. The van der Waals surface area contributed by atoms with Gasteiger partial charge in [-0.15, -0.1) is 0 Å². The zero-order valence-corrected chi connectivity index (χ0v) is 17.8. The third-order valence-corrected chi connectivity index (χ3v) is 7.37. The molecule has 0 bridgehead atoms. The first kappa shape index (κ1) is 26.5. The summed E-state index contributed by atoms with van der Waals surface area (Å²) in [5, 5.41) is 18.7. The van der Waals surface area contributed by atoms with Crippen molar-refractivity contribution in [2.75, 3.05) is 6.54 Å². The SMILES string of the molecule is O=C(O)CCC/C=C\C[C@@H]1CCN(S(=O)(=O)c2ccc(F)cc2)[C@@H]1c1cccc(O)c1.[NaH]. The summed E-state index contributed by atoms with van der Waals surface area (Å²) in [5.41, 5.74) is 0.701. The molecule has 9 heteroatoms. The fourth-order valence-electron chi connectivity index (χ4n) is 3.99.